The van der Waals surface area contributed by atoms with E-state index < -0.39 is 0 Å². The molecule has 0 aliphatic carbocycles. The number of piperidine rings is 1. The molecule has 0 radical (unpaired) electrons. The zero-order chi connectivity index (χ0) is 15.5. The van der Waals surface area contributed by atoms with E-state index in [1.165, 1.54) is 0 Å². The van der Waals surface area contributed by atoms with E-state index in [9.17, 15) is 9.59 Å². The standard InChI is InChI=1S/C17H21N3O2/c1-18-10-12-5-4-8-20(11-12)17(22)15-9-13-6-2-3-7-14(13)16(21)19-15/h2-3,6-7,9,12,18H,4-5,8,10-11H2,1H3,(H,19,21). The monoisotopic (exact) mass is 299 g/mol. The predicted octanol–water partition coefficient (Wildman–Crippen LogP) is 1.60. The summed E-state index contributed by atoms with van der Waals surface area (Å²) in [4.78, 5) is 29.4. The number of likely N-dealkylation sites (tertiary alicyclic amines) is 1. The molecule has 1 atom stereocenters. The Bertz CT molecular complexity index is 736. The largest absolute Gasteiger partial charge is 0.337 e. The van der Waals surface area contributed by atoms with Crippen molar-refractivity contribution in [2.75, 3.05) is 26.7 Å². The lowest BCUT2D eigenvalue weighted by Gasteiger charge is -2.32. The number of pyridine rings is 1. The van der Waals surface area contributed by atoms with Gasteiger partial charge in [-0.25, -0.2) is 0 Å². The fourth-order valence-corrected chi connectivity index (χ4v) is 3.20. The van der Waals surface area contributed by atoms with Crippen LogP contribution in [0.5, 0.6) is 0 Å². The van der Waals surface area contributed by atoms with E-state index in [1.807, 2.05) is 30.1 Å². The number of carbonyl (C=O) groups is 1. The van der Waals surface area contributed by atoms with Gasteiger partial charge in [-0.2, -0.15) is 0 Å². The molecule has 2 aromatic rings. The normalized spacial score (nSPS) is 18.6. The lowest BCUT2D eigenvalue weighted by atomic mass is 9.97. The van der Waals surface area contributed by atoms with Crippen LogP contribution in [0, 0.1) is 5.92 Å². The Labute approximate surface area is 129 Å². The number of benzene rings is 1. The Morgan fingerprint density at radius 2 is 2.23 bits per heavy atom. The van der Waals surface area contributed by atoms with Crippen molar-refractivity contribution in [2.24, 2.45) is 5.92 Å². The molecule has 1 unspecified atom stereocenters. The number of rotatable bonds is 3. The minimum atomic E-state index is -0.203. The molecule has 2 heterocycles. The van der Waals surface area contributed by atoms with E-state index >= 15 is 0 Å². The van der Waals surface area contributed by atoms with Gasteiger partial charge in [0.1, 0.15) is 5.69 Å². The molecule has 5 nitrogen and oxygen atoms in total. The Morgan fingerprint density at radius 1 is 1.41 bits per heavy atom. The molecule has 2 N–H and O–H groups in total. The second-order valence-electron chi connectivity index (χ2n) is 5.92. The van der Waals surface area contributed by atoms with E-state index in [-0.39, 0.29) is 11.5 Å². The van der Waals surface area contributed by atoms with Gasteiger partial charge in [0.2, 0.25) is 0 Å². The van der Waals surface area contributed by atoms with Crippen molar-refractivity contribution in [3.05, 3.63) is 46.4 Å². The third-order valence-electron chi connectivity index (χ3n) is 4.28. The van der Waals surface area contributed by atoms with Crippen molar-refractivity contribution in [1.29, 1.82) is 0 Å². The first kappa shape index (κ1) is 14.8. The average Bonchev–Trinajstić information content (AvgIpc) is 2.55. The van der Waals surface area contributed by atoms with Gasteiger partial charge in [0.15, 0.2) is 0 Å². The van der Waals surface area contributed by atoms with Crippen LogP contribution in [-0.4, -0.2) is 42.5 Å². The minimum Gasteiger partial charge on any atom is -0.337 e. The van der Waals surface area contributed by atoms with Crippen LogP contribution in [0.3, 0.4) is 0 Å². The Kier molecular flexibility index (Phi) is 4.24. The zero-order valence-corrected chi connectivity index (χ0v) is 12.8. The van der Waals surface area contributed by atoms with Crippen molar-refractivity contribution in [1.82, 2.24) is 15.2 Å². The number of amides is 1. The quantitative estimate of drug-likeness (QED) is 0.905. The fraction of sp³-hybridized carbons (Fsp3) is 0.412. The van der Waals surface area contributed by atoms with E-state index in [2.05, 4.69) is 10.3 Å². The number of nitrogens with one attached hydrogen (secondary N) is 2. The molecule has 1 fully saturated rings. The lowest BCUT2D eigenvalue weighted by molar-refractivity contribution is 0.0668. The maximum Gasteiger partial charge on any atom is 0.270 e. The third kappa shape index (κ3) is 2.90. The van der Waals surface area contributed by atoms with Crippen molar-refractivity contribution >= 4 is 16.7 Å². The van der Waals surface area contributed by atoms with Gasteiger partial charge >= 0.3 is 0 Å². The summed E-state index contributed by atoms with van der Waals surface area (Å²) in [7, 11) is 1.93. The summed E-state index contributed by atoms with van der Waals surface area (Å²) < 4.78 is 0. The maximum absolute atomic E-state index is 12.7. The summed E-state index contributed by atoms with van der Waals surface area (Å²) in [5.41, 5.74) is 0.180. The summed E-state index contributed by atoms with van der Waals surface area (Å²) in [6.45, 7) is 2.42. The number of carbonyl (C=O) groups excluding carboxylic acids is 1. The molecule has 22 heavy (non-hydrogen) atoms. The van der Waals surface area contributed by atoms with Gasteiger partial charge in [0.05, 0.1) is 0 Å². The van der Waals surface area contributed by atoms with Gasteiger partial charge in [-0.1, -0.05) is 18.2 Å². The second-order valence-corrected chi connectivity index (χ2v) is 5.92. The molecule has 1 aliphatic heterocycles. The first-order chi connectivity index (χ1) is 10.7. The second kappa shape index (κ2) is 6.32. The number of nitrogens with zero attached hydrogens (tertiary/aromatic N) is 1. The van der Waals surface area contributed by atoms with Crippen LogP contribution in [0.25, 0.3) is 10.8 Å². The van der Waals surface area contributed by atoms with Gasteiger partial charge in [0.25, 0.3) is 11.5 Å². The maximum atomic E-state index is 12.7. The minimum absolute atomic E-state index is 0.0799. The summed E-state index contributed by atoms with van der Waals surface area (Å²) in [6.07, 6.45) is 2.15. The van der Waals surface area contributed by atoms with Crippen LogP contribution in [0.1, 0.15) is 23.3 Å². The van der Waals surface area contributed by atoms with Crippen molar-refractivity contribution in [3.63, 3.8) is 0 Å². The molecule has 1 aliphatic rings. The van der Waals surface area contributed by atoms with Crippen LogP contribution < -0.4 is 10.9 Å². The Balaban J connectivity index is 1.87. The molecule has 0 spiro atoms. The molecule has 1 aromatic carbocycles. The third-order valence-corrected chi connectivity index (χ3v) is 4.28. The molecule has 3 rings (SSSR count). The van der Waals surface area contributed by atoms with Gasteiger partial charge in [-0.05, 0) is 49.9 Å². The van der Waals surface area contributed by atoms with Crippen molar-refractivity contribution in [3.8, 4) is 0 Å². The molecule has 116 valence electrons. The summed E-state index contributed by atoms with van der Waals surface area (Å²) >= 11 is 0. The van der Waals surface area contributed by atoms with Crippen molar-refractivity contribution in [2.45, 2.75) is 12.8 Å². The van der Waals surface area contributed by atoms with Crippen LogP contribution in [-0.2, 0) is 0 Å². The van der Waals surface area contributed by atoms with E-state index in [1.54, 1.807) is 12.1 Å². The van der Waals surface area contributed by atoms with Gasteiger partial charge in [0, 0.05) is 18.5 Å². The first-order valence-electron chi connectivity index (χ1n) is 7.75. The number of aromatic nitrogens is 1. The molecule has 0 saturated carbocycles. The zero-order valence-electron chi connectivity index (χ0n) is 12.8. The molecular formula is C17H21N3O2. The van der Waals surface area contributed by atoms with Crippen LogP contribution in [0.4, 0.5) is 0 Å². The fourth-order valence-electron chi connectivity index (χ4n) is 3.20. The van der Waals surface area contributed by atoms with Gasteiger partial charge in [-0.15, -0.1) is 0 Å². The number of H-pyrrole nitrogens is 1. The van der Waals surface area contributed by atoms with Crippen molar-refractivity contribution < 1.29 is 4.79 Å². The van der Waals surface area contributed by atoms with E-state index in [0.717, 1.165) is 37.9 Å². The first-order valence-corrected chi connectivity index (χ1v) is 7.75. The highest BCUT2D eigenvalue weighted by Gasteiger charge is 2.24. The smallest absolute Gasteiger partial charge is 0.270 e. The average molecular weight is 299 g/mol. The summed E-state index contributed by atoms with van der Waals surface area (Å²) in [6, 6.07) is 9.11. The van der Waals surface area contributed by atoms with Crippen LogP contribution in [0.15, 0.2) is 35.1 Å². The topological polar surface area (TPSA) is 65.2 Å². The number of aromatic amines is 1. The number of fused-ring (bicyclic) bond motifs is 1. The Morgan fingerprint density at radius 3 is 3.05 bits per heavy atom. The summed E-state index contributed by atoms with van der Waals surface area (Å²) in [5, 5.41) is 4.59. The van der Waals surface area contributed by atoms with E-state index in [4.69, 9.17) is 0 Å². The Hall–Kier alpha value is -2.14. The highest BCUT2D eigenvalue weighted by atomic mass is 16.2. The van der Waals surface area contributed by atoms with Gasteiger partial charge in [-0.3, -0.25) is 9.59 Å². The highest BCUT2D eigenvalue weighted by Crippen LogP contribution is 2.18. The van der Waals surface area contributed by atoms with Crippen LogP contribution >= 0.6 is 0 Å². The number of hydrogen-bond donors (Lipinski definition) is 2. The molecule has 5 heteroatoms. The predicted molar refractivity (Wildman–Crippen MR) is 87.1 cm³/mol. The highest BCUT2D eigenvalue weighted by molar-refractivity contribution is 5.96. The molecule has 1 aromatic heterocycles. The molecule has 0 bridgehead atoms. The SMILES string of the molecule is CNCC1CCCN(C(=O)c2cc3ccccc3c(=O)[nH]2)C1. The molecule has 1 amide bonds. The van der Waals surface area contributed by atoms with Gasteiger partial charge < -0.3 is 15.2 Å². The lowest BCUT2D eigenvalue weighted by Crippen LogP contribution is -2.43. The molecule has 1 saturated heterocycles. The summed E-state index contributed by atoms with van der Waals surface area (Å²) in [5.74, 6) is 0.401. The number of hydrogen-bond acceptors (Lipinski definition) is 3. The van der Waals surface area contributed by atoms with E-state index in [0.29, 0.717) is 17.0 Å². The van der Waals surface area contributed by atoms with Crippen LogP contribution in [0.2, 0.25) is 0 Å². The molecular weight excluding hydrogens is 278 g/mol.